The van der Waals surface area contributed by atoms with Gasteiger partial charge in [-0.15, -0.1) is 0 Å². The van der Waals surface area contributed by atoms with Crippen molar-refractivity contribution in [3.05, 3.63) is 23.9 Å². The summed E-state index contributed by atoms with van der Waals surface area (Å²) in [4.78, 5) is 24.3. The highest BCUT2D eigenvalue weighted by Gasteiger charge is 2.34. The number of anilines is 1. The lowest BCUT2D eigenvalue weighted by molar-refractivity contribution is 0.00701. The van der Waals surface area contributed by atoms with Gasteiger partial charge in [0, 0.05) is 52.5 Å². The Hall–Kier alpha value is -2.51. The molecule has 0 unspecified atom stereocenters. The predicted octanol–water partition coefficient (Wildman–Crippen LogP) is 1.43. The first-order valence-electron chi connectivity index (χ1n) is 8.76. The lowest BCUT2D eigenvalue weighted by atomic mass is 10.1. The van der Waals surface area contributed by atoms with Crippen molar-refractivity contribution in [3.8, 4) is 0 Å². The average molecular weight is 362 g/mol. The summed E-state index contributed by atoms with van der Waals surface area (Å²) in [6.07, 6.45) is 1.51. The fourth-order valence-electron chi connectivity index (χ4n) is 2.58. The minimum Gasteiger partial charge on any atom is -0.444 e. The quantitative estimate of drug-likeness (QED) is 0.623. The smallest absolute Gasteiger partial charge is 0.410 e. The first-order chi connectivity index (χ1) is 12.2. The lowest BCUT2D eigenvalue weighted by Gasteiger charge is -2.40. The number of guanidine groups is 1. The topological polar surface area (TPSA) is 82.1 Å². The summed E-state index contributed by atoms with van der Waals surface area (Å²) in [6.45, 7) is 7.42. The van der Waals surface area contributed by atoms with Crippen molar-refractivity contribution in [2.45, 2.75) is 39.0 Å². The van der Waals surface area contributed by atoms with E-state index in [2.05, 4.69) is 20.6 Å². The molecular formula is C18H30N6O2. The number of nitrogens with one attached hydrogen (secondary N) is 2. The Bertz CT molecular complexity index is 647. The molecule has 0 bridgehead atoms. The number of hydrogen-bond acceptors (Lipinski definition) is 5. The molecule has 0 aliphatic carbocycles. The maximum atomic E-state index is 12.0. The van der Waals surface area contributed by atoms with Crippen LogP contribution in [0.5, 0.6) is 0 Å². The third kappa shape index (κ3) is 5.50. The number of nitrogens with zero attached hydrogens (tertiary/aromatic N) is 4. The summed E-state index contributed by atoms with van der Waals surface area (Å²) in [7, 11) is 5.67. The van der Waals surface area contributed by atoms with Crippen LogP contribution in [-0.2, 0) is 11.3 Å². The van der Waals surface area contributed by atoms with Crippen LogP contribution in [0.25, 0.3) is 0 Å². The van der Waals surface area contributed by atoms with Crippen LogP contribution < -0.4 is 15.5 Å². The van der Waals surface area contributed by atoms with Crippen LogP contribution in [-0.4, -0.2) is 67.8 Å². The largest absolute Gasteiger partial charge is 0.444 e. The van der Waals surface area contributed by atoms with Gasteiger partial charge in [-0.05, 0) is 26.8 Å². The maximum Gasteiger partial charge on any atom is 0.410 e. The van der Waals surface area contributed by atoms with Crippen LogP contribution in [0.15, 0.2) is 23.3 Å². The van der Waals surface area contributed by atoms with E-state index < -0.39 is 5.60 Å². The van der Waals surface area contributed by atoms with Gasteiger partial charge in [0.2, 0.25) is 0 Å². The van der Waals surface area contributed by atoms with Gasteiger partial charge in [0.1, 0.15) is 11.4 Å². The molecular weight excluding hydrogens is 332 g/mol. The Morgan fingerprint density at radius 1 is 1.42 bits per heavy atom. The van der Waals surface area contributed by atoms with E-state index >= 15 is 0 Å². The Kier molecular flexibility index (Phi) is 6.28. The van der Waals surface area contributed by atoms with Crippen molar-refractivity contribution in [1.29, 1.82) is 0 Å². The maximum absolute atomic E-state index is 12.0. The normalized spacial score (nSPS) is 15.3. The van der Waals surface area contributed by atoms with Crippen LogP contribution in [0, 0.1) is 0 Å². The molecule has 0 atom stereocenters. The van der Waals surface area contributed by atoms with Crippen molar-refractivity contribution in [3.63, 3.8) is 0 Å². The van der Waals surface area contributed by atoms with Crippen molar-refractivity contribution in [2.24, 2.45) is 4.99 Å². The zero-order valence-corrected chi connectivity index (χ0v) is 16.5. The molecule has 1 aromatic heterocycles. The Morgan fingerprint density at radius 2 is 2.12 bits per heavy atom. The molecule has 1 amide bonds. The van der Waals surface area contributed by atoms with Crippen molar-refractivity contribution < 1.29 is 9.53 Å². The Morgan fingerprint density at radius 3 is 2.69 bits per heavy atom. The molecule has 8 heteroatoms. The molecule has 1 saturated heterocycles. The molecule has 8 nitrogen and oxygen atoms in total. The van der Waals surface area contributed by atoms with E-state index in [0.717, 1.165) is 11.4 Å². The fraction of sp³-hybridized carbons (Fsp3) is 0.611. The summed E-state index contributed by atoms with van der Waals surface area (Å²) < 4.78 is 5.36. The van der Waals surface area contributed by atoms with Gasteiger partial charge in [-0.2, -0.15) is 0 Å². The highest BCUT2D eigenvalue weighted by molar-refractivity contribution is 5.80. The van der Waals surface area contributed by atoms with E-state index in [1.54, 1.807) is 18.1 Å². The van der Waals surface area contributed by atoms with Crippen LogP contribution in [0.2, 0.25) is 0 Å². The Balaban J connectivity index is 1.81. The van der Waals surface area contributed by atoms with Gasteiger partial charge in [-0.1, -0.05) is 6.07 Å². The van der Waals surface area contributed by atoms with Gasteiger partial charge in [0.05, 0.1) is 6.04 Å². The van der Waals surface area contributed by atoms with E-state index in [-0.39, 0.29) is 12.1 Å². The predicted molar refractivity (Wildman–Crippen MR) is 103 cm³/mol. The number of pyridine rings is 1. The van der Waals surface area contributed by atoms with Gasteiger partial charge in [0.15, 0.2) is 5.96 Å². The van der Waals surface area contributed by atoms with Crippen LogP contribution in [0.4, 0.5) is 10.6 Å². The second-order valence-corrected chi connectivity index (χ2v) is 7.53. The number of likely N-dealkylation sites (tertiary alicyclic amines) is 1. The van der Waals surface area contributed by atoms with E-state index in [0.29, 0.717) is 25.6 Å². The van der Waals surface area contributed by atoms with E-state index in [1.807, 2.05) is 51.9 Å². The minimum atomic E-state index is -0.471. The first-order valence-corrected chi connectivity index (χ1v) is 8.76. The second kappa shape index (κ2) is 8.25. The molecule has 2 N–H and O–H groups in total. The number of carbonyl (C=O) groups is 1. The summed E-state index contributed by atoms with van der Waals surface area (Å²) in [5.74, 6) is 1.63. The SMILES string of the molecule is CN=C(NCc1cccnc1N(C)C)NC1CN(C(=O)OC(C)(C)C)C1. The summed E-state index contributed by atoms with van der Waals surface area (Å²) in [6, 6.07) is 4.12. The third-order valence-corrected chi connectivity index (χ3v) is 3.84. The van der Waals surface area contributed by atoms with E-state index in [9.17, 15) is 4.79 Å². The molecule has 0 radical (unpaired) electrons. The number of amides is 1. The zero-order chi connectivity index (χ0) is 19.3. The molecule has 0 aromatic carbocycles. The first kappa shape index (κ1) is 19.8. The average Bonchev–Trinajstić information content (AvgIpc) is 2.51. The molecule has 1 fully saturated rings. The number of ether oxygens (including phenoxy) is 1. The number of rotatable bonds is 4. The monoisotopic (exact) mass is 362 g/mol. The summed E-state index contributed by atoms with van der Waals surface area (Å²) in [5.41, 5.74) is 0.616. The fourth-order valence-corrected chi connectivity index (χ4v) is 2.58. The highest BCUT2D eigenvalue weighted by atomic mass is 16.6. The van der Waals surface area contributed by atoms with Crippen molar-refractivity contribution in [2.75, 3.05) is 39.1 Å². The lowest BCUT2D eigenvalue weighted by Crippen LogP contribution is -2.63. The highest BCUT2D eigenvalue weighted by Crippen LogP contribution is 2.16. The standard InChI is InChI=1S/C18H30N6O2/c1-18(2,3)26-17(25)24-11-14(12-24)22-16(19-4)21-10-13-8-7-9-20-15(13)23(5)6/h7-9,14H,10-12H2,1-6H3,(H2,19,21,22). The molecule has 144 valence electrons. The molecule has 2 heterocycles. The molecule has 1 aliphatic rings. The molecule has 0 saturated carbocycles. The number of aliphatic imine (C=N–C) groups is 1. The third-order valence-electron chi connectivity index (χ3n) is 3.84. The zero-order valence-electron chi connectivity index (χ0n) is 16.5. The Labute approximate surface area is 155 Å². The molecule has 1 aromatic rings. The van der Waals surface area contributed by atoms with Crippen LogP contribution in [0.1, 0.15) is 26.3 Å². The van der Waals surface area contributed by atoms with Gasteiger partial charge in [0.25, 0.3) is 0 Å². The van der Waals surface area contributed by atoms with Gasteiger partial charge in [-0.25, -0.2) is 9.78 Å². The van der Waals surface area contributed by atoms with Crippen LogP contribution >= 0.6 is 0 Å². The number of carbonyl (C=O) groups excluding carboxylic acids is 1. The van der Waals surface area contributed by atoms with Crippen LogP contribution in [0.3, 0.4) is 0 Å². The van der Waals surface area contributed by atoms with Gasteiger partial charge in [-0.3, -0.25) is 4.99 Å². The van der Waals surface area contributed by atoms with E-state index in [4.69, 9.17) is 4.74 Å². The molecule has 1 aliphatic heterocycles. The van der Waals surface area contributed by atoms with Gasteiger partial charge >= 0.3 is 6.09 Å². The second-order valence-electron chi connectivity index (χ2n) is 7.53. The molecule has 0 spiro atoms. The number of aromatic nitrogens is 1. The molecule has 26 heavy (non-hydrogen) atoms. The minimum absolute atomic E-state index is 0.163. The summed E-state index contributed by atoms with van der Waals surface area (Å²) in [5, 5.41) is 6.63. The summed E-state index contributed by atoms with van der Waals surface area (Å²) >= 11 is 0. The van der Waals surface area contributed by atoms with Crippen molar-refractivity contribution in [1.82, 2.24) is 20.5 Å². The molecule has 2 rings (SSSR count). The number of hydrogen-bond donors (Lipinski definition) is 2. The van der Waals surface area contributed by atoms with E-state index in [1.165, 1.54) is 0 Å². The van der Waals surface area contributed by atoms with Gasteiger partial charge < -0.3 is 25.2 Å². The van der Waals surface area contributed by atoms with Crippen molar-refractivity contribution >= 4 is 17.9 Å².